The zero-order valence-corrected chi connectivity index (χ0v) is 30.2. The maximum absolute atomic E-state index is 14.9. The summed E-state index contributed by atoms with van der Waals surface area (Å²) >= 11 is 0. The van der Waals surface area contributed by atoms with Gasteiger partial charge in [-0.2, -0.15) is 0 Å². The van der Waals surface area contributed by atoms with E-state index < -0.39 is 5.82 Å². The molecule has 5 aromatic carbocycles. The largest absolute Gasteiger partial charge is 0.497 e. The van der Waals surface area contributed by atoms with Gasteiger partial charge in [0.1, 0.15) is 28.9 Å². The van der Waals surface area contributed by atoms with Crippen molar-refractivity contribution < 1.29 is 27.8 Å². The van der Waals surface area contributed by atoms with Gasteiger partial charge in [0.25, 0.3) is 0 Å². The maximum Gasteiger partial charge on any atom is 0.152 e. The first-order chi connectivity index (χ1) is 25.8. The number of aldehydes is 1. The summed E-state index contributed by atoms with van der Waals surface area (Å²) in [6, 6.07) is 32.9. The van der Waals surface area contributed by atoms with E-state index in [4.69, 9.17) is 19.2 Å². The Morgan fingerprint density at radius 2 is 1.15 bits per heavy atom. The van der Waals surface area contributed by atoms with Crippen molar-refractivity contribution in [1.82, 2.24) is 15.3 Å². The minimum atomic E-state index is -0.470. The Morgan fingerprint density at radius 3 is 1.70 bits per heavy atom. The molecular weight excluding hydrogens is 672 g/mol. The molecule has 7 rings (SSSR count). The first-order valence-electron chi connectivity index (χ1n) is 17.0. The highest BCUT2D eigenvalue weighted by atomic mass is 19.1. The lowest BCUT2D eigenvalue weighted by atomic mass is 10.0. The number of aromatic nitrogens is 2. The minimum absolute atomic E-state index is 0.206. The van der Waals surface area contributed by atoms with Crippen LogP contribution in [0.25, 0.3) is 44.3 Å². The summed E-state index contributed by atoms with van der Waals surface area (Å²) in [5.74, 6) is 0.825. The van der Waals surface area contributed by atoms with Gasteiger partial charge in [0.05, 0.1) is 54.9 Å². The third-order valence-electron chi connectivity index (χ3n) is 9.00. The molecule has 0 aliphatic rings. The van der Waals surface area contributed by atoms with Crippen molar-refractivity contribution in [2.45, 2.75) is 26.9 Å². The van der Waals surface area contributed by atoms with Gasteiger partial charge in [0, 0.05) is 29.4 Å². The van der Waals surface area contributed by atoms with Crippen LogP contribution in [0, 0.1) is 25.5 Å². The topological polar surface area (TPSA) is 82.6 Å². The van der Waals surface area contributed by atoms with Crippen LogP contribution in [-0.2, 0) is 13.1 Å². The van der Waals surface area contributed by atoms with Crippen molar-refractivity contribution in [2.75, 3.05) is 21.3 Å². The molecule has 0 aliphatic carbocycles. The normalized spacial score (nSPS) is 10.8. The second-order valence-corrected chi connectivity index (χ2v) is 12.4. The summed E-state index contributed by atoms with van der Waals surface area (Å²) in [5, 5.41) is 5.33. The number of halogens is 2. The second kappa shape index (κ2) is 16.4. The quantitative estimate of drug-likeness (QED) is 0.142. The molecular formula is C44H39F2N3O4. The molecule has 0 fully saturated rings. The number of para-hydroxylation sites is 2. The van der Waals surface area contributed by atoms with Crippen LogP contribution in [-0.4, -0.2) is 37.6 Å². The molecule has 0 atom stereocenters. The number of hydrogen-bond acceptors (Lipinski definition) is 7. The number of fused-ring (bicyclic) bond motifs is 2. The van der Waals surface area contributed by atoms with Gasteiger partial charge >= 0.3 is 0 Å². The van der Waals surface area contributed by atoms with Crippen molar-refractivity contribution in [1.29, 1.82) is 0 Å². The highest BCUT2D eigenvalue weighted by molar-refractivity contribution is 5.95. The number of benzene rings is 5. The van der Waals surface area contributed by atoms with Gasteiger partial charge in [-0.15, -0.1) is 0 Å². The number of methoxy groups -OCH3 is 3. The van der Waals surface area contributed by atoms with Crippen molar-refractivity contribution in [3.05, 3.63) is 149 Å². The fourth-order valence-corrected chi connectivity index (χ4v) is 6.29. The average molecular weight is 712 g/mol. The van der Waals surface area contributed by atoms with Crippen LogP contribution in [0.1, 0.15) is 32.6 Å². The van der Waals surface area contributed by atoms with E-state index in [1.165, 1.54) is 19.2 Å². The van der Waals surface area contributed by atoms with Crippen LogP contribution in [0.5, 0.6) is 17.2 Å². The van der Waals surface area contributed by atoms with E-state index in [0.717, 1.165) is 49.8 Å². The van der Waals surface area contributed by atoms with E-state index in [9.17, 15) is 13.6 Å². The molecule has 268 valence electrons. The molecule has 0 saturated heterocycles. The van der Waals surface area contributed by atoms with Crippen LogP contribution in [0.2, 0.25) is 0 Å². The lowest BCUT2D eigenvalue weighted by Gasteiger charge is -2.16. The molecule has 2 aromatic heterocycles. The number of ether oxygens (including phenoxy) is 3. The Kier molecular flexibility index (Phi) is 11.3. The number of hydrogen-bond donors (Lipinski definition) is 1. The number of nitrogens with one attached hydrogen (secondary N) is 1. The van der Waals surface area contributed by atoms with Crippen molar-refractivity contribution in [2.24, 2.45) is 0 Å². The monoisotopic (exact) mass is 711 g/mol. The lowest BCUT2D eigenvalue weighted by Crippen LogP contribution is -2.14. The number of pyridine rings is 2. The average Bonchev–Trinajstić information content (AvgIpc) is 3.18. The first kappa shape index (κ1) is 36.6. The van der Waals surface area contributed by atoms with Crippen molar-refractivity contribution >= 4 is 28.1 Å². The fourth-order valence-electron chi connectivity index (χ4n) is 6.29. The molecule has 7 aromatic rings. The van der Waals surface area contributed by atoms with Gasteiger partial charge in [-0.1, -0.05) is 60.7 Å². The molecule has 9 heteroatoms. The highest BCUT2D eigenvalue weighted by Crippen LogP contribution is 2.36. The Labute approximate surface area is 307 Å². The van der Waals surface area contributed by atoms with E-state index in [1.807, 2.05) is 74.5 Å². The van der Waals surface area contributed by atoms with Gasteiger partial charge < -0.3 is 19.5 Å². The summed E-state index contributed by atoms with van der Waals surface area (Å²) < 4.78 is 45.1. The van der Waals surface area contributed by atoms with Crippen LogP contribution < -0.4 is 19.5 Å². The van der Waals surface area contributed by atoms with Gasteiger partial charge in [0.2, 0.25) is 0 Å². The standard InChI is InChI=1S/C26H25FN2O2.C18H14FNO2/c1-17-6-4-7-19-14-20(16-28-15-18-10-12-21(30-2)13-11-18)26(29-25(17)19)24-22(27)8-5-9-23(24)31-3;1-11-5-3-6-12-9-13(10-21)18(20-17(11)12)16-14(19)7-4-8-15(16)22-2/h4-14,28H,15-16H2,1-3H3;3-10H,1-2H3. The van der Waals surface area contributed by atoms with E-state index in [2.05, 4.69) is 16.4 Å². The highest BCUT2D eigenvalue weighted by Gasteiger charge is 2.20. The SMILES string of the molecule is COc1ccc(CNCc2cc3cccc(C)c3nc2-c2c(F)cccc2OC)cc1.COc1cccc(F)c1-c1nc2c(C)cccc2cc1C=O. The van der Waals surface area contributed by atoms with Crippen LogP contribution in [0.4, 0.5) is 8.78 Å². The van der Waals surface area contributed by atoms with Crippen molar-refractivity contribution in [3.8, 4) is 39.8 Å². The molecule has 53 heavy (non-hydrogen) atoms. The first-order valence-corrected chi connectivity index (χ1v) is 17.0. The summed E-state index contributed by atoms with van der Waals surface area (Å²) in [5.41, 5.74) is 7.49. The second-order valence-electron chi connectivity index (χ2n) is 12.4. The van der Waals surface area contributed by atoms with E-state index in [1.54, 1.807) is 44.6 Å². The molecule has 7 nitrogen and oxygen atoms in total. The number of nitrogens with zero attached hydrogens (tertiary/aromatic N) is 2. The van der Waals surface area contributed by atoms with Gasteiger partial charge in [-0.05, 0) is 84.6 Å². The van der Waals surface area contributed by atoms with Gasteiger partial charge in [0.15, 0.2) is 6.29 Å². The predicted molar refractivity (Wildman–Crippen MR) is 206 cm³/mol. The third-order valence-corrected chi connectivity index (χ3v) is 9.00. The zero-order chi connectivity index (χ0) is 37.5. The number of carbonyl (C=O) groups excluding carboxylic acids is 1. The fraction of sp³-hybridized carbons (Fsp3) is 0.159. The summed E-state index contributed by atoms with van der Waals surface area (Å²) in [7, 11) is 4.66. The summed E-state index contributed by atoms with van der Waals surface area (Å²) in [4.78, 5) is 20.9. The van der Waals surface area contributed by atoms with E-state index in [-0.39, 0.29) is 11.4 Å². The summed E-state index contributed by atoms with van der Waals surface area (Å²) in [6.45, 7) is 5.15. The van der Waals surface area contributed by atoms with Crippen LogP contribution >= 0.6 is 0 Å². The van der Waals surface area contributed by atoms with E-state index >= 15 is 0 Å². The third kappa shape index (κ3) is 7.85. The predicted octanol–water partition coefficient (Wildman–Crippen LogP) is 9.83. The molecule has 0 aliphatic heterocycles. The molecule has 0 unspecified atom stereocenters. The minimum Gasteiger partial charge on any atom is -0.497 e. The Bertz CT molecular complexity index is 2420. The Morgan fingerprint density at radius 1 is 0.623 bits per heavy atom. The maximum atomic E-state index is 14.9. The van der Waals surface area contributed by atoms with Crippen molar-refractivity contribution in [3.63, 3.8) is 0 Å². The zero-order valence-electron chi connectivity index (χ0n) is 30.2. The smallest absolute Gasteiger partial charge is 0.152 e. The van der Waals surface area contributed by atoms with Gasteiger partial charge in [-0.25, -0.2) is 18.7 Å². The van der Waals surface area contributed by atoms with Crippen LogP contribution in [0.3, 0.4) is 0 Å². The summed E-state index contributed by atoms with van der Waals surface area (Å²) in [6.07, 6.45) is 0.690. The van der Waals surface area contributed by atoms with Gasteiger partial charge in [-0.3, -0.25) is 4.79 Å². The van der Waals surface area contributed by atoms with E-state index in [0.29, 0.717) is 53.4 Å². The lowest BCUT2D eigenvalue weighted by molar-refractivity contribution is 0.112. The van der Waals surface area contributed by atoms with Crippen LogP contribution in [0.15, 0.2) is 109 Å². The number of rotatable bonds is 10. The molecule has 0 bridgehead atoms. The molecule has 0 amide bonds. The molecule has 0 saturated carbocycles. The Balaban J connectivity index is 0.000000192. The molecule has 0 radical (unpaired) electrons. The molecule has 0 spiro atoms. The molecule has 2 heterocycles. The Hall–Kier alpha value is -6.19. The number of carbonyl (C=O) groups is 1. The number of aryl methyl sites for hydroxylation is 2. The molecule has 1 N–H and O–H groups in total.